The van der Waals surface area contributed by atoms with Gasteiger partial charge in [-0.05, 0) is 23.0 Å². The summed E-state index contributed by atoms with van der Waals surface area (Å²) in [7, 11) is 0. The minimum atomic E-state index is -0.250. The molecule has 0 fully saturated rings. The van der Waals surface area contributed by atoms with E-state index in [0.717, 1.165) is 0 Å². The molecule has 0 aliphatic heterocycles. The second-order valence-electron chi connectivity index (χ2n) is 4.02. The molecule has 0 atom stereocenters. The summed E-state index contributed by atoms with van der Waals surface area (Å²) in [5.74, 6) is 1.28. The lowest BCUT2D eigenvalue weighted by Crippen LogP contribution is -1.97. The summed E-state index contributed by atoms with van der Waals surface area (Å²) in [6.07, 6.45) is 0. The van der Waals surface area contributed by atoms with Crippen LogP contribution in [0, 0.1) is 0 Å². The van der Waals surface area contributed by atoms with Crippen molar-refractivity contribution in [3.05, 3.63) is 35.4 Å². The quantitative estimate of drug-likeness (QED) is 0.771. The lowest BCUT2D eigenvalue weighted by Gasteiger charge is -2.14. The molecular weight excluding hydrogens is 236 g/mol. The monoisotopic (exact) mass is 258 g/mol. The van der Waals surface area contributed by atoms with Crippen molar-refractivity contribution < 1.29 is 13.9 Å². The Kier molecular flexibility index (Phi) is 12.7. The highest BCUT2D eigenvalue weighted by Gasteiger charge is 2.07. The molecule has 0 heterocycles. The first-order valence-corrected chi connectivity index (χ1v) is 6.10. The van der Waals surface area contributed by atoms with Gasteiger partial charge in [-0.2, -0.15) is 0 Å². The van der Waals surface area contributed by atoms with E-state index in [1.54, 1.807) is 0 Å². The third-order valence-corrected chi connectivity index (χ3v) is 2.24. The number of hydrogen-bond donors (Lipinski definition) is 2. The second-order valence-corrected chi connectivity index (χ2v) is 4.18. The zero-order valence-corrected chi connectivity index (χ0v) is 11.7. The van der Waals surface area contributed by atoms with Crippen LogP contribution in [0.25, 0.3) is 0 Å². The van der Waals surface area contributed by atoms with E-state index in [1.165, 1.54) is 11.1 Å². The maximum Gasteiger partial charge on any atom is 0.152 e. The van der Waals surface area contributed by atoms with Crippen molar-refractivity contribution in [2.75, 3.05) is 0 Å². The predicted molar refractivity (Wildman–Crippen MR) is 74.6 cm³/mol. The Morgan fingerprint density at radius 3 is 1.35 bits per heavy atom. The summed E-state index contributed by atoms with van der Waals surface area (Å²) in [5.41, 5.74) is 2.99. The van der Waals surface area contributed by atoms with Crippen molar-refractivity contribution in [2.24, 2.45) is 0 Å². The van der Waals surface area contributed by atoms with Crippen molar-refractivity contribution in [3.63, 3.8) is 0 Å². The van der Waals surface area contributed by atoms with Gasteiger partial charge >= 0.3 is 0 Å². The highest BCUT2D eigenvalue weighted by molar-refractivity contribution is 7.87. The van der Waals surface area contributed by atoms with Gasteiger partial charge in [-0.3, -0.25) is 0 Å². The molecule has 0 saturated heterocycles. The summed E-state index contributed by atoms with van der Waals surface area (Å²) in [6, 6.07) is 8.72. The molecule has 0 amide bonds. The Hall–Kier alpha value is -0.840. The first-order chi connectivity index (χ1) is 8.04. The molecule has 0 aliphatic rings. The Bertz CT molecular complexity index is 261. The van der Waals surface area contributed by atoms with Crippen LogP contribution >= 0.6 is 12.3 Å². The molecule has 0 aromatic heterocycles. The molecule has 1 rings (SSSR count). The van der Waals surface area contributed by atoms with E-state index in [4.69, 9.17) is 13.9 Å². The average Bonchev–Trinajstić information content (AvgIpc) is 2.32. The molecule has 0 spiro atoms. The standard InChI is InChI=1S/C12H18.CH2O.H2O2S/c1-9(2)11-7-5-6-8-12(11)10(3)4;1-2;1-3-2/h5-10H,1-4H3;1H2;1-2H. The molecule has 4 heteroatoms. The first-order valence-electron chi connectivity index (χ1n) is 5.37. The van der Waals surface area contributed by atoms with Gasteiger partial charge in [0.2, 0.25) is 0 Å². The topological polar surface area (TPSA) is 57.5 Å². The van der Waals surface area contributed by atoms with Crippen LogP contribution in [0.2, 0.25) is 0 Å². The zero-order valence-electron chi connectivity index (χ0n) is 10.9. The van der Waals surface area contributed by atoms with Gasteiger partial charge in [-0.25, -0.2) is 0 Å². The Morgan fingerprint density at radius 2 is 1.18 bits per heavy atom. The van der Waals surface area contributed by atoms with E-state index >= 15 is 0 Å². The van der Waals surface area contributed by atoms with Gasteiger partial charge in [0.05, 0.1) is 0 Å². The van der Waals surface area contributed by atoms with Gasteiger partial charge in [0, 0.05) is 0 Å². The number of carbonyl (C=O) groups is 1. The molecule has 98 valence electrons. The van der Waals surface area contributed by atoms with E-state index in [0.29, 0.717) is 11.8 Å². The van der Waals surface area contributed by atoms with Gasteiger partial charge in [0.15, 0.2) is 12.3 Å². The van der Waals surface area contributed by atoms with Crippen LogP contribution < -0.4 is 0 Å². The summed E-state index contributed by atoms with van der Waals surface area (Å²) >= 11 is -0.250. The molecule has 3 nitrogen and oxygen atoms in total. The molecule has 0 radical (unpaired) electrons. The Balaban J connectivity index is 0. The lowest BCUT2D eigenvalue weighted by atomic mass is 9.91. The van der Waals surface area contributed by atoms with Crippen LogP contribution in [-0.2, 0) is 4.79 Å². The molecule has 1 aromatic carbocycles. The summed E-state index contributed by atoms with van der Waals surface area (Å²) in [5, 5.41) is 0. The summed E-state index contributed by atoms with van der Waals surface area (Å²) in [6.45, 7) is 11.0. The second kappa shape index (κ2) is 11.6. The fraction of sp³-hybridized carbons (Fsp3) is 0.462. The van der Waals surface area contributed by atoms with Crippen molar-refractivity contribution in [1.29, 1.82) is 0 Å². The lowest BCUT2D eigenvalue weighted by molar-refractivity contribution is -0.0979. The minimum Gasteiger partial charge on any atom is -0.307 e. The van der Waals surface area contributed by atoms with Gasteiger partial charge in [-0.1, -0.05) is 52.0 Å². The van der Waals surface area contributed by atoms with E-state index in [1.807, 2.05) is 6.79 Å². The molecule has 2 N–H and O–H groups in total. The maximum atomic E-state index is 8.00. The van der Waals surface area contributed by atoms with Crippen molar-refractivity contribution in [1.82, 2.24) is 0 Å². The van der Waals surface area contributed by atoms with Gasteiger partial charge in [0.25, 0.3) is 0 Å². The van der Waals surface area contributed by atoms with E-state index in [9.17, 15) is 0 Å². The Morgan fingerprint density at radius 1 is 0.941 bits per heavy atom. The molecular formula is C13H22O3S. The SMILES string of the molecule is C=O.CC(C)c1ccccc1C(C)C.OSO. The minimum absolute atomic E-state index is 0.250. The van der Waals surface area contributed by atoms with Crippen LogP contribution in [-0.4, -0.2) is 15.9 Å². The highest BCUT2D eigenvalue weighted by Crippen LogP contribution is 2.25. The molecule has 0 saturated carbocycles. The third kappa shape index (κ3) is 7.96. The highest BCUT2D eigenvalue weighted by atomic mass is 32.2. The van der Waals surface area contributed by atoms with E-state index < -0.39 is 0 Å². The van der Waals surface area contributed by atoms with Crippen molar-refractivity contribution >= 4 is 19.1 Å². The van der Waals surface area contributed by atoms with E-state index in [-0.39, 0.29) is 12.3 Å². The van der Waals surface area contributed by atoms with Crippen LogP contribution in [0.4, 0.5) is 0 Å². The third-order valence-electron chi connectivity index (χ3n) is 2.24. The first kappa shape index (κ1) is 18.5. The van der Waals surface area contributed by atoms with E-state index in [2.05, 4.69) is 52.0 Å². The Labute approximate surface area is 108 Å². The van der Waals surface area contributed by atoms with Crippen molar-refractivity contribution in [2.45, 2.75) is 39.5 Å². The number of hydrogen-bond acceptors (Lipinski definition) is 4. The van der Waals surface area contributed by atoms with Gasteiger partial charge in [-0.15, -0.1) is 0 Å². The molecule has 17 heavy (non-hydrogen) atoms. The average molecular weight is 258 g/mol. The predicted octanol–water partition coefficient (Wildman–Crippen LogP) is 4.41. The number of rotatable bonds is 2. The molecule has 0 bridgehead atoms. The zero-order chi connectivity index (χ0) is 13.8. The van der Waals surface area contributed by atoms with Crippen LogP contribution in [0.15, 0.2) is 24.3 Å². The van der Waals surface area contributed by atoms with Gasteiger partial charge < -0.3 is 13.9 Å². The fourth-order valence-electron chi connectivity index (χ4n) is 1.56. The van der Waals surface area contributed by atoms with Gasteiger partial charge in [0.1, 0.15) is 6.79 Å². The number of benzene rings is 1. The van der Waals surface area contributed by atoms with Crippen molar-refractivity contribution in [3.8, 4) is 0 Å². The number of carbonyl (C=O) groups excluding carboxylic acids is 1. The van der Waals surface area contributed by atoms with Crippen LogP contribution in [0.3, 0.4) is 0 Å². The normalized spacial score (nSPS) is 9.18. The van der Waals surface area contributed by atoms with Crippen LogP contribution in [0.1, 0.15) is 50.7 Å². The largest absolute Gasteiger partial charge is 0.307 e. The smallest absolute Gasteiger partial charge is 0.152 e. The fourth-order valence-corrected chi connectivity index (χ4v) is 1.56. The maximum absolute atomic E-state index is 8.00. The van der Waals surface area contributed by atoms with Crippen LogP contribution in [0.5, 0.6) is 0 Å². The summed E-state index contributed by atoms with van der Waals surface area (Å²) < 4.78 is 14.1. The summed E-state index contributed by atoms with van der Waals surface area (Å²) in [4.78, 5) is 8.00. The molecule has 0 unspecified atom stereocenters. The molecule has 0 aliphatic carbocycles. The molecule has 1 aromatic rings.